The molecule has 0 aliphatic heterocycles. The van der Waals surface area contributed by atoms with Crippen molar-refractivity contribution in [3.8, 4) is 11.5 Å². The molecule has 1 N–H and O–H groups in total. The van der Waals surface area contributed by atoms with E-state index in [9.17, 15) is 4.79 Å². The van der Waals surface area contributed by atoms with Gasteiger partial charge in [0.1, 0.15) is 11.5 Å². The van der Waals surface area contributed by atoms with Gasteiger partial charge in [-0.05, 0) is 6.07 Å². The number of halogens is 1. The van der Waals surface area contributed by atoms with Crippen LogP contribution in [0.1, 0.15) is 0 Å². The summed E-state index contributed by atoms with van der Waals surface area (Å²) in [6.07, 6.45) is 1.54. The quantitative estimate of drug-likeness (QED) is 0.778. The number of ether oxygens (including phenoxy) is 2. The Balaban J connectivity index is 3.16. The van der Waals surface area contributed by atoms with E-state index in [2.05, 4.69) is 5.32 Å². The van der Waals surface area contributed by atoms with Gasteiger partial charge in [0.15, 0.2) is 0 Å². The van der Waals surface area contributed by atoms with E-state index >= 15 is 0 Å². The maximum atomic E-state index is 10.1. The summed E-state index contributed by atoms with van der Waals surface area (Å²) in [5.74, 6) is 0.953. The number of carbonyl (C=O) groups excluding carboxylic acids is 1. The van der Waals surface area contributed by atoms with Crippen molar-refractivity contribution in [2.24, 2.45) is 0 Å². The monoisotopic (exact) mass is 214 g/mol. The summed E-state index contributed by atoms with van der Waals surface area (Å²) >= 11 is 5.84. The Morgan fingerprint density at radius 3 is 2.43 bits per heavy atom. The van der Waals surface area contributed by atoms with Crippen LogP contribution in [0.4, 0.5) is 5.69 Å². The number of anilines is 1. The third kappa shape index (κ3) is 2.09. The van der Waals surface area contributed by atoms with Crippen LogP contribution in [-0.2, 0) is 4.79 Å². The van der Waals surface area contributed by atoms with Gasteiger partial charge in [0.05, 0.1) is 24.9 Å². The zero-order valence-corrected chi connectivity index (χ0v) is 8.51. The predicted molar refractivity (Wildman–Crippen MR) is 53.9 cm³/mol. The molecule has 1 aromatic carbocycles. The molecule has 0 saturated heterocycles. The van der Waals surface area contributed by atoms with Gasteiger partial charge in [-0.1, -0.05) is 11.6 Å². The summed E-state index contributed by atoms with van der Waals surface area (Å²) in [6.45, 7) is 0. The Bertz CT molecular complexity index is 341. The molecular weight excluding hydrogens is 206 g/mol. The van der Waals surface area contributed by atoms with Gasteiger partial charge < -0.3 is 14.8 Å². The van der Waals surface area contributed by atoms with Crippen molar-refractivity contribution in [3.05, 3.63) is 17.2 Å². The summed E-state index contributed by atoms with van der Waals surface area (Å²) in [7, 11) is 2.98. The molecule has 1 aromatic rings. The maximum Gasteiger partial charge on any atom is 0.314 e. The molecule has 1 amide bonds. The standard InChI is InChI=1S/C9H9ClNO3/c1-13-8-4-9(14-2)7(11-5-12)3-6(8)10/h3-4H,1-2H3,(H,11,12). The lowest BCUT2D eigenvalue weighted by molar-refractivity contribution is 0.395. The van der Waals surface area contributed by atoms with Crippen LogP contribution in [0.15, 0.2) is 12.1 Å². The van der Waals surface area contributed by atoms with Crippen molar-refractivity contribution in [2.75, 3.05) is 19.5 Å². The van der Waals surface area contributed by atoms with Crippen LogP contribution in [0, 0.1) is 0 Å². The SMILES string of the molecule is COc1cc(OC)c(N[C]=O)cc1Cl. The average Bonchev–Trinajstić information content (AvgIpc) is 2.19. The van der Waals surface area contributed by atoms with Crippen molar-refractivity contribution < 1.29 is 14.3 Å². The number of hydrogen-bond donors (Lipinski definition) is 1. The Kier molecular flexibility index (Phi) is 3.59. The van der Waals surface area contributed by atoms with Crippen molar-refractivity contribution >= 4 is 23.7 Å². The molecule has 0 aliphatic rings. The summed E-state index contributed by atoms with van der Waals surface area (Å²) < 4.78 is 10.00. The third-order valence-corrected chi connectivity index (χ3v) is 1.95. The number of methoxy groups -OCH3 is 2. The molecule has 1 radical (unpaired) electrons. The van der Waals surface area contributed by atoms with Gasteiger partial charge in [-0.25, -0.2) is 0 Å². The predicted octanol–water partition coefficient (Wildman–Crippen LogP) is 1.84. The zero-order chi connectivity index (χ0) is 10.6. The molecule has 0 bridgehead atoms. The summed E-state index contributed by atoms with van der Waals surface area (Å²) in [4.78, 5) is 10.1. The maximum absolute atomic E-state index is 10.1. The Labute approximate surface area is 86.8 Å². The molecule has 0 aliphatic carbocycles. The zero-order valence-electron chi connectivity index (χ0n) is 7.76. The molecule has 4 nitrogen and oxygen atoms in total. The first-order chi connectivity index (χ1) is 6.72. The van der Waals surface area contributed by atoms with Crippen LogP contribution in [0.3, 0.4) is 0 Å². The fourth-order valence-corrected chi connectivity index (χ4v) is 1.25. The summed E-state index contributed by atoms with van der Waals surface area (Å²) in [6, 6.07) is 3.12. The van der Waals surface area contributed by atoms with Crippen molar-refractivity contribution in [1.29, 1.82) is 0 Å². The normalized spacial score (nSPS) is 9.36. The van der Waals surface area contributed by atoms with Gasteiger partial charge in [-0.3, -0.25) is 4.79 Å². The first-order valence-corrected chi connectivity index (χ1v) is 4.15. The minimum atomic E-state index is 0.394. The van der Waals surface area contributed by atoms with E-state index in [-0.39, 0.29) is 0 Å². The van der Waals surface area contributed by atoms with E-state index in [1.54, 1.807) is 12.5 Å². The molecular formula is C9H9ClNO3. The van der Waals surface area contributed by atoms with Gasteiger partial charge in [0.2, 0.25) is 0 Å². The molecule has 1 rings (SSSR count). The highest BCUT2D eigenvalue weighted by atomic mass is 35.5. The van der Waals surface area contributed by atoms with Gasteiger partial charge in [-0.2, -0.15) is 0 Å². The fourth-order valence-electron chi connectivity index (χ4n) is 1.01. The smallest absolute Gasteiger partial charge is 0.314 e. The van der Waals surface area contributed by atoms with E-state index in [0.29, 0.717) is 22.2 Å². The second-order valence-corrected chi connectivity index (χ2v) is 2.82. The molecule has 0 fully saturated rings. The van der Waals surface area contributed by atoms with Crippen molar-refractivity contribution in [3.63, 3.8) is 0 Å². The largest absolute Gasteiger partial charge is 0.495 e. The van der Waals surface area contributed by atoms with Crippen LogP contribution >= 0.6 is 11.6 Å². The lowest BCUT2D eigenvalue weighted by Crippen LogP contribution is -1.98. The second-order valence-electron chi connectivity index (χ2n) is 2.41. The Morgan fingerprint density at radius 1 is 1.29 bits per heavy atom. The highest BCUT2D eigenvalue weighted by molar-refractivity contribution is 6.32. The first kappa shape index (κ1) is 10.7. The number of benzene rings is 1. The molecule has 5 heteroatoms. The summed E-state index contributed by atoms with van der Waals surface area (Å²) in [5.41, 5.74) is 0.452. The highest BCUT2D eigenvalue weighted by Gasteiger charge is 2.08. The minimum Gasteiger partial charge on any atom is -0.495 e. The van der Waals surface area contributed by atoms with Crippen LogP contribution in [0.2, 0.25) is 5.02 Å². The molecule has 75 valence electrons. The second kappa shape index (κ2) is 4.72. The Hall–Kier alpha value is -1.42. The Morgan fingerprint density at radius 2 is 1.93 bits per heavy atom. The van der Waals surface area contributed by atoms with Crippen LogP contribution in [0.25, 0.3) is 0 Å². The fraction of sp³-hybridized carbons (Fsp3) is 0.222. The van der Waals surface area contributed by atoms with E-state index in [4.69, 9.17) is 21.1 Å². The van der Waals surface area contributed by atoms with E-state index in [1.165, 1.54) is 20.3 Å². The van der Waals surface area contributed by atoms with Gasteiger partial charge in [0, 0.05) is 6.07 Å². The molecule has 0 spiro atoms. The molecule has 0 aromatic heterocycles. The van der Waals surface area contributed by atoms with Gasteiger partial charge in [0.25, 0.3) is 0 Å². The molecule has 0 saturated carbocycles. The van der Waals surface area contributed by atoms with Crippen molar-refractivity contribution in [1.82, 2.24) is 0 Å². The molecule has 0 unspecified atom stereocenters. The average molecular weight is 215 g/mol. The first-order valence-electron chi connectivity index (χ1n) is 3.77. The lowest BCUT2D eigenvalue weighted by Gasteiger charge is -2.10. The highest BCUT2D eigenvalue weighted by Crippen LogP contribution is 2.35. The van der Waals surface area contributed by atoms with Crippen molar-refractivity contribution in [2.45, 2.75) is 0 Å². The molecule has 0 heterocycles. The number of amides is 1. The molecule has 14 heavy (non-hydrogen) atoms. The van der Waals surface area contributed by atoms with E-state index < -0.39 is 0 Å². The van der Waals surface area contributed by atoms with Crippen LogP contribution in [-0.4, -0.2) is 20.6 Å². The lowest BCUT2D eigenvalue weighted by atomic mass is 10.2. The topological polar surface area (TPSA) is 47.6 Å². The number of hydrogen-bond acceptors (Lipinski definition) is 3. The number of nitrogens with one attached hydrogen (secondary N) is 1. The van der Waals surface area contributed by atoms with Gasteiger partial charge in [-0.15, -0.1) is 0 Å². The third-order valence-electron chi connectivity index (χ3n) is 1.66. The van der Waals surface area contributed by atoms with Crippen LogP contribution < -0.4 is 14.8 Å². The van der Waals surface area contributed by atoms with Gasteiger partial charge >= 0.3 is 6.41 Å². The molecule has 0 atom stereocenters. The van der Waals surface area contributed by atoms with Crippen LogP contribution in [0.5, 0.6) is 11.5 Å². The van der Waals surface area contributed by atoms with E-state index in [0.717, 1.165) is 0 Å². The number of rotatable bonds is 4. The summed E-state index contributed by atoms with van der Waals surface area (Å²) in [5, 5.41) is 2.74. The minimum absolute atomic E-state index is 0.394. The van der Waals surface area contributed by atoms with E-state index in [1.807, 2.05) is 0 Å².